The standard InChI is InChI=1S/C9H16O4/c1-3-8(11)13-9(12)7(2)5-4-6-10/h8,10-11H,2-6H2,1H3. The number of hydrogen-bond acceptors (Lipinski definition) is 4. The van der Waals surface area contributed by atoms with Gasteiger partial charge in [0.05, 0.1) is 0 Å². The van der Waals surface area contributed by atoms with Crippen molar-refractivity contribution in [2.45, 2.75) is 32.5 Å². The fraction of sp³-hybridized carbons (Fsp3) is 0.667. The second kappa shape index (κ2) is 6.62. The molecule has 0 saturated carbocycles. The van der Waals surface area contributed by atoms with Gasteiger partial charge in [-0.05, 0) is 12.8 Å². The van der Waals surface area contributed by atoms with E-state index in [9.17, 15) is 4.79 Å². The van der Waals surface area contributed by atoms with Crippen molar-refractivity contribution >= 4 is 5.97 Å². The van der Waals surface area contributed by atoms with Gasteiger partial charge in [0, 0.05) is 18.6 Å². The Labute approximate surface area is 77.8 Å². The number of hydrogen-bond donors (Lipinski definition) is 2. The Morgan fingerprint density at radius 1 is 1.62 bits per heavy atom. The molecule has 0 amide bonds. The Kier molecular flexibility index (Phi) is 6.18. The smallest absolute Gasteiger partial charge is 0.335 e. The molecule has 1 atom stereocenters. The number of aliphatic hydroxyl groups is 2. The van der Waals surface area contributed by atoms with Crippen LogP contribution in [0.2, 0.25) is 0 Å². The van der Waals surface area contributed by atoms with Gasteiger partial charge in [0.1, 0.15) is 0 Å². The van der Waals surface area contributed by atoms with E-state index in [4.69, 9.17) is 10.2 Å². The summed E-state index contributed by atoms with van der Waals surface area (Å²) in [6.45, 7) is 5.20. The molecule has 0 aliphatic carbocycles. The fourth-order valence-electron chi connectivity index (χ4n) is 0.685. The molecule has 0 aromatic carbocycles. The molecular weight excluding hydrogens is 172 g/mol. The highest BCUT2D eigenvalue weighted by Gasteiger charge is 2.11. The molecule has 0 aromatic rings. The average Bonchev–Trinajstić information content (AvgIpc) is 2.13. The Morgan fingerprint density at radius 2 is 2.23 bits per heavy atom. The van der Waals surface area contributed by atoms with E-state index in [1.165, 1.54) is 0 Å². The summed E-state index contributed by atoms with van der Waals surface area (Å²) in [6, 6.07) is 0. The summed E-state index contributed by atoms with van der Waals surface area (Å²) in [4.78, 5) is 11.1. The molecule has 4 nitrogen and oxygen atoms in total. The van der Waals surface area contributed by atoms with Crippen molar-refractivity contribution in [3.05, 3.63) is 12.2 Å². The van der Waals surface area contributed by atoms with Crippen molar-refractivity contribution < 1.29 is 19.7 Å². The van der Waals surface area contributed by atoms with Gasteiger partial charge < -0.3 is 14.9 Å². The number of carbonyl (C=O) groups is 1. The second-order valence-corrected chi connectivity index (χ2v) is 2.70. The summed E-state index contributed by atoms with van der Waals surface area (Å²) in [5.41, 5.74) is 0.279. The highest BCUT2D eigenvalue weighted by Crippen LogP contribution is 2.06. The third-order valence-electron chi connectivity index (χ3n) is 1.52. The van der Waals surface area contributed by atoms with E-state index in [1.54, 1.807) is 6.92 Å². The Morgan fingerprint density at radius 3 is 2.69 bits per heavy atom. The van der Waals surface area contributed by atoms with E-state index >= 15 is 0 Å². The average molecular weight is 188 g/mol. The maximum absolute atomic E-state index is 11.1. The van der Waals surface area contributed by atoms with Gasteiger partial charge in [-0.1, -0.05) is 13.5 Å². The lowest BCUT2D eigenvalue weighted by Crippen LogP contribution is -2.17. The molecule has 0 spiro atoms. The molecule has 0 aliphatic heterocycles. The molecule has 0 aromatic heterocycles. The number of aliphatic hydroxyl groups excluding tert-OH is 2. The molecule has 0 fully saturated rings. The maximum atomic E-state index is 11.1. The van der Waals surface area contributed by atoms with Gasteiger partial charge in [0.15, 0.2) is 0 Å². The molecule has 1 unspecified atom stereocenters. The van der Waals surface area contributed by atoms with Crippen LogP contribution >= 0.6 is 0 Å². The first-order valence-corrected chi connectivity index (χ1v) is 4.29. The van der Waals surface area contributed by atoms with Crippen LogP contribution in [0.4, 0.5) is 0 Å². The monoisotopic (exact) mass is 188 g/mol. The third kappa shape index (κ3) is 5.38. The molecule has 0 heterocycles. The lowest BCUT2D eigenvalue weighted by atomic mass is 10.2. The highest BCUT2D eigenvalue weighted by atomic mass is 16.6. The summed E-state index contributed by atoms with van der Waals surface area (Å²) in [5, 5.41) is 17.5. The summed E-state index contributed by atoms with van der Waals surface area (Å²) < 4.78 is 4.59. The summed E-state index contributed by atoms with van der Waals surface area (Å²) >= 11 is 0. The minimum absolute atomic E-state index is 0.0165. The van der Waals surface area contributed by atoms with Gasteiger partial charge in [0.2, 0.25) is 6.29 Å². The van der Waals surface area contributed by atoms with Crippen molar-refractivity contribution in [1.29, 1.82) is 0 Å². The largest absolute Gasteiger partial charge is 0.433 e. The Bertz CT molecular complexity index is 176. The van der Waals surface area contributed by atoms with E-state index < -0.39 is 12.3 Å². The van der Waals surface area contributed by atoms with Crippen molar-refractivity contribution in [3.8, 4) is 0 Å². The second-order valence-electron chi connectivity index (χ2n) is 2.70. The van der Waals surface area contributed by atoms with Crippen LogP contribution in [-0.4, -0.2) is 29.1 Å². The van der Waals surface area contributed by atoms with Crippen molar-refractivity contribution in [3.63, 3.8) is 0 Å². The molecule has 4 heteroatoms. The summed E-state index contributed by atoms with van der Waals surface area (Å²) in [7, 11) is 0. The molecule has 0 bridgehead atoms. The molecule has 0 rings (SSSR count). The lowest BCUT2D eigenvalue weighted by molar-refractivity contribution is -0.163. The SMILES string of the molecule is C=C(CCCO)C(=O)OC(O)CC. The molecule has 0 aliphatic rings. The summed E-state index contributed by atoms with van der Waals surface area (Å²) in [6.07, 6.45) is 0.180. The molecule has 13 heavy (non-hydrogen) atoms. The predicted octanol–water partition coefficient (Wildman–Crippen LogP) is 0.587. The van der Waals surface area contributed by atoms with E-state index in [1.807, 2.05) is 0 Å². The first kappa shape index (κ1) is 12.1. The first-order valence-electron chi connectivity index (χ1n) is 4.29. The minimum atomic E-state index is -1.06. The van der Waals surface area contributed by atoms with Crippen molar-refractivity contribution in [2.24, 2.45) is 0 Å². The van der Waals surface area contributed by atoms with Gasteiger partial charge in [-0.15, -0.1) is 0 Å². The molecule has 76 valence electrons. The van der Waals surface area contributed by atoms with Crippen LogP contribution in [-0.2, 0) is 9.53 Å². The van der Waals surface area contributed by atoms with Crippen LogP contribution in [0, 0.1) is 0 Å². The van der Waals surface area contributed by atoms with Crippen LogP contribution in [0.5, 0.6) is 0 Å². The van der Waals surface area contributed by atoms with Gasteiger partial charge in [-0.3, -0.25) is 0 Å². The lowest BCUT2D eigenvalue weighted by Gasteiger charge is -2.10. The van der Waals surface area contributed by atoms with Crippen molar-refractivity contribution in [1.82, 2.24) is 0 Å². The zero-order chi connectivity index (χ0) is 10.3. The van der Waals surface area contributed by atoms with Crippen LogP contribution in [0.25, 0.3) is 0 Å². The van der Waals surface area contributed by atoms with E-state index in [0.29, 0.717) is 19.3 Å². The normalized spacial score (nSPS) is 12.2. The van der Waals surface area contributed by atoms with Crippen LogP contribution < -0.4 is 0 Å². The van der Waals surface area contributed by atoms with E-state index in [2.05, 4.69) is 11.3 Å². The zero-order valence-corrected chi connectivity index (χ0v) is 7.82. The molecular formula is C9H16O4. The maximum Gasteiger partial charge on any atom is 0.335 e. The number of esters is 1. The minimum Gasteiger partial charge on any atom is -0.433 e. The zero-order valence-electron chi connectivity index (χ0n) is 7.82. The number of ether oxygens (including phenoxy) is 1. The topological polar surface area (TPSA) is 66.8 Å². The highest BCUT2D eigenvalue weighted by molar-refractivity contribution is 5.87. The first-order chi connectivity index (χ1) is 6.11. The molecule has 0 saturated heterocycles. The van der Waals surface area contributed by atoms with Crippen LogP contribution in [0.1, 0.15) is 26.2 Å². The third-order valence-corrected chi connectivity index (χ3v) is 1.52. The van der Waals surface area contributed by atoms with E-state index in [-0.39, 0.29) is 12.2 Å². The number of carbonyl (C=O) groups excluding carboxylic acids is 1. The summed E-state index contributed by atoms with van der Waals surface area (Å²) in [5.74, 6) is -0.595. The van der Waals surface area contributed by atoms with Crippen LogP contribution in [0.3, 0.4) is 0 Å². The van der Waals surface area contributed by atoms with Gasteiger partial charge in [-0.2, -0.15) is 0 Å². The quantitative estimate of drug-likeness (QED) is 0.363. The molecule has 2 N–H and O–H groups in total. The van der Waals surface area contributed by atoms with Gasteiger partial charge in [0.25, 0.3) is 0 Å². The predicted molar refractivity (Wildman–Crippen MR) is 47.8 cm³/mol. The van der Waals surface area contributed by atoms with E-state index in [0.717, 1.165) is 0 Å². The molecule has 0 radical (unpaired) electrons. The van der Waals surface area contributed by atoms with Gasteiger partial charge >= 0.3 is 5.97 Å². The van der Waals surface area contributed by atoms with Crippen molar-refractivity contribution in [2.75, 3.05) is 6.61 Å². The fourth-order valence-corrected chi connectivity index (χ4v) is 0.685. The number of rotatable bonds is 6. The van der Waals surface area contributed by atoms with Crippen LogP contribution in [0.15, 0.2) is 12.2 Å². The van der Waals surface area contributed by atoms with Gasteiger partial charge in [-0.25, -0.2) is 4.79 Å². The Balaban J connectivity index is 3.76. The Hall–Kier alpha value is -0.870.